The highest BCUT2D eigenvalue weighted by Crippen LogP contribution is 2.33. The summed E-state index contributed by atoms with van der Waals surface area (Å²) >= 11 is 0. The fourth-order valence-electron chi connectivity index (χ4n) is 2.81. The Kier molecular flexibility index (Phi) is 6.79. The van der Waals surface area contributed by atoms with Gasteiger partial charge >= 0.3 is 12.1 Å². The van der Waals surface area contributed by atoms with Gasteiger partial charge in [-0.15, -0.1) is 0 Å². The lowest BCUT2D eigenvalue weighted by Crippen LogP contribution is -2.22. The number of alkyl halides is 3. The number of carbonyl (C=O) groups is 1. The summed E-state index contributed by atoms with van der Waals surface area (Å²) in [6.07, 6.45) is -4.37. The van der Waals surface area contributed by atoms with Crippen molar-refractivity contribution in [3.05, 3.63) is 57.9 Å². The van der Waals surface area contributed by atoms with Crippen LogP contribution < -0.4 is 10.2 Å². The van der Waals surface area contributed by atoms with E-state index in [0.29, 0.717) is 22.6 Å². The quantitative estimate of drug-likeness (QED) is 0.565. The number of benzene rings is 1. The van der Waals surface area contributed by atoms with Crippen LogP contribution >= 0.6 is 0 Å². The number of halogens is 3. The number of carbonyl (C=O) groups excluding carboxylic acids is 1. The van der Waals surface area contributed by atoms with Gasteiger partial charge in [-0.2, -0.15) is 18.7 Å². The Morgan fingerprint density at radius 2 is 1.75 bits per heavy atom. The van der Waals surface area contributed by atoms with E-state index in [1.807, 2.05) is 27.7 Å². The lowest BCUT2D eigenvalue weighted by atomic mass is 10.0. The van der Waals surface area contributed by atoms with Crippen molar-refractivity contribution in [2.75, 3.05) is 0 Å². The van der Waals surface area contributed by atoms with Gasteiger partial charge in [0.25, 0.3) is 0 Å². The van der Waals surface area contributed by atoms with Gasteiger partial charge in [-0.1, -0.05) is 12.1 Å². The van der Waals surface area contributed by atoms with Gasteiger partial charge in [-0.3, -0.25) is 14.6 Å². The van der Waals surface area contributed by atoms with Crippen LogP contribution in [0.4, 0.5) is 13.2 Å². The van der Waals surface area contributed by atoms with Crippen molar-refractivity contribution in [1.29, 1.82) is 0 Å². The number of aromatic nitrogens is 1. The van der Waals surface area contributed by atoms with Gasteiger partial charge in [-0.05, 0) is 45.4 Å². The maximum absolute atomic E-state index is 12.6. The normalized spacial score (nSPS) is 12.7. The van der Waals surface area contributed by atoms with Crippen molar-refractivity contribution in [3.63, 3.8) is 0 Å². The predicted octanol–water partition coefficient (Wildman–Crippen LogP) is 4.73. The monoisotopic (exact) mass is 396 g/mol. The first-order chi connectivity index (χ1) is 13.0. The van der Waals surface area contributed by atoms with Crippen molar-refractivity contribution in [1.82, 2.24) is 10.5 Å². The number of esters is 1. The smallest absolute Gasteiger partial charge is 0.416 e. The van der Waals surface area contributed by atoms with E-state index in [1.54, 1.807) is 0 Å². The minimum absolute atomic E-state index is 0.0721. The van der Waals surface area contributed by atoms with Crippen LogP contribution in [0.25, 0.3) is 0 Å². The highest BCUT2D eigenvalue weighted by molar-refractivity contribution is 5.71. The number of nitrogens with one attached hydrogen (secondary N) is 1. The van der Waals surface area contributed by atoms with Gasteiger partial charge in [0.05, 0.1) is 18.2 Å². The van der Waals surface area contributed by atoms with Crippen LogP contribution in [0.3, 0.4) is 0 Å². The van der Waals surface area contributed by atoms with Gasteiger partial charge in [-0.25, -0.2) is 0 Å². The largest absolute Gasteiger partial charge is 0.426 e. The molecule has 0 fully saturated rings. The zero-order valence-electron chi connectivity index (χ0n) is 16.4. The minimum atomic E-state index is -4.37. The van der Waals surface area contributed by atoms with Crippen molar-refractivity contribution in [2.45, 2.75) is 53.4 Å². The molecular weight excluding hydrogens is 373 g/mol. The lowest BCUT2D eigenvalue weighted by molar-refractivity contribution is -0.137. The van der Waals surface area contributed by atoms with E-state index in [2.05, 4.69) is 10.5 Å². The molecule has 152 valence electrons. The molecule has 8 heteroatoms. The molecule has 1 aromatic carbocycles. The van der Waals surface area contributed by atoms with Gasteiger partial charge in [0, 0.05) is 29.4 Å². The molecule has 0 amide bonds. The average Bonchev–Trinajstić information content (AvgIpc) is 2.58. The highest BCUT2D eigenvalue weighted by atomic mass is 19.4. The molecule has 1 unspecified atom stereocenters. The van der Waals surface area contributed by atoms with Crippen LogP contribution in [0.1, 0.15) is 53.5 Å². The summed E-state index contributed by atoms with van der Waals surface area (Å²) < 4.78 is 43.2. The number of hydrogen-bond acceptors (Lipinski definition) is 5. The molecule has 0 aliphatic rings. The molecule has 0 saturated carbocycles. The molecule has 2 rings (SSSR count). The molecule has 0 spiro atoms. The van der Waals surface area contributed by atoms with Crippen molar-refractivity contribution in [2.24, 2.45) is 0 Å². The van der Waals surface area contributed by atoms with E-state index in [4.69, 9.17) is 9.57 Å². The number of hydrogen-bond donors (Lipinski definition) is 1. The second-order valence-electron chi connectivity index (χ2n) is 6.57. The van der Waals surface area contributed by atoms with Crippen molar-refractivity contribution >= 4 is 5.97 Å². The van der Waals surface area contributed by atoms with Crippen LogP contribution in [0.15, 0.2) is 24.3 Å². The maximum atomic E-state index is 12.6. The Labute approximate surface area is 161 Å². The molecule has 0 bridgehead atoms. The molecule has 1 N–H and O–H groups in total. The highest BCUT2D eigenvalue weighted by Gasteiger charge is 2.30. The summed E-state index contributed by atoms with van der Waals surface area (Å²) in [5.41, 5.74) is 5.61. The minimum Gasteiger partial charge on any atom is -0.426 e. The first-order valence-electron chi connectivity index (χ1n) is 8.70. The average molecular weight is 396 g/mol. The number of aryl methyl sites for hydroxylation is 2. The molecule has 0 saturated heterocycles. The summed E-state index contributed by atoms with van der Waals surface area (Å²) in [5.74, 6) is 0.00264. The third kappa shape index (κ3) is 5.30. The molecular formula is C20H23F3N2O3. The van der Waals surface area contributed by atoms with Crippen LogP contribution in [-0.4, -0.2) is 11.0 Å². The summed E-state index contributed by atoms with van der Waals surface area (Å²) in [5, 5.41) is 0. The summed E-state index contributed by atoms with van der Waals surface area (Å²) in [7, 11) is 0. The number of rotatable bonds is 6. The number of nitrogens with zero attached hydrogens (tertiary/aromatic N) is 1. The third-order valence-electron chi connectivity index (χ3n) is 4.31. The van der Waals surface area contributed by atoms with E-state index in [9.17, 15) is 18.0 Å². The van der Waals surface area contributed by atoms with E-state index < -0.39 is 17.7 Å². The molecule has 1 heterocycles. The molecule has 0 aliphatic carbocycles. The van der Waals surface area contributed by atoms with E-state index >= 15 is 0 Å². The third-order valence-corrected chi connectivity index (χ3v) is 4.31. The fraction of sp³-hybridized carbons (Fsp3) is 0.400. The summed E-state index contributed by atoms with van der Waals surface area (Å²) in [6, 6.07) is 4.39. The van der Waals surface area contributed by atoms with Gasteiger partial charge < -0.3 is 4.74 Å². The van der Waals surface area contributed by atoms with Gasteiger partial charge in [0.15, 0.2) is 0 Å². The first-order valence-corrected chi connectivity index (χ1v) is 8.70. The van der Waals surface area contributed by atoms with Crippen LogP contribution in [-0.2, 0) is 22.4 Å². The first kappa shape index (κ1) is 21.8. The Morgan fingerprint density at radius 1 is 1.14 bits per heavy atom. The molecule has 0 radical (unpaired) electrons. The van der Waals surface area contributed by atoms with Crippen molar-refractivity contribution in [3.8, 4) is 5.75 Å². The maximum Gasteiger partial charge on any atom is 0.416 e. The van der Waals surface area contributed by atoms with Crippen LogP contribution in [0, 0.1) is 20.8 Å². The summed E-state index contributed by atoms with van der Waals surface area (Å²) in [6.45, 7) is 8.68. The van der Waals surface area contributed by atoms with Crippen molar-refractivity contribution < 1.29 is 27.5 Å². The molecule has 28 heavy (non-hydrogen) atoms. The fourth-order valence-corrected chi connectivity index (χ4v) is 2.81. The van der Waals surface area contributed by atoms with E-state index in [-0.39, 0.29) is 12.6 Å². The number of ether oxygens (including phenoxy) is 1. The predicted molar refractivity (Wildman–Crippen MR) is 97.5 cm³/mol. The molecule has 0 aliphatic heterocycles. The van der Waals surface area contributed by atoms with E-state index in [1.165, 1.54) is 19.1 Å². The zero-order chi connectivity index (χ0) is 21.1. The van der Waals surface area contributed by atoms with Crippen LogP contribution in [0.5, 0.6) is 5.75 Å². The van der Waals surface area contributed by atoms with Crippen LogP contribution in [0.2, 0.25) is 0 Å². The Morgan fingerprint density at radius 3 is 2.29 bits per heavy atom. The second-order valence-corrected chi connectivity index (χ2v) is 6.57. The molecule has 1 aromatic heterocycles. The molecule has 1 atom stereocenters. The molecule has 5 nitrogen and oxygen atoms in total. The topological polar surface area (TPSA) is 60.5 Å². The summed E-state index contributed by atoms with van der Waals surface area (Å²) in [4.78, 5) is 21.4. The lowest BCUT2D eigenvalue weighted by Gasteiger charge is -2.21. The van der Waals surface area contributed by atoms with Gasteiger partial charge in [0.1, 0.15) is 5.75 Å². The van der Waals surface area contributed by atoms with Gasteiger partial charge in [0.2, 0.25) is 0 Å². The number of pyridine rings is 1. The molecule has 2 aromatic rings. The Hall–Kier alpha value is -2.45. The Balaban J connectivity index is 2.10. The standard InChI is InChI=1S/C20H23F3N2O3/c1-11-12(2)24-13(3)18(19(11)28-15(5)26)14(4)25-27-10-16-6-8-17(9-7-16)20(21,22)23/h6-9,14,25H,10H2,1-5H3. The number of hydroxylamine groups is 1. The second kappa shape index (κ2) is 8.70. The Bertz CT molecular complexity index is 849. The zero-order valence-corrected chi connectivity index (χ0v) is 16.4. The SMILES string of the molecule is CC(=O)Oc1c(C)c(C)nc(C)c1C(C)NOCc1ccc(C(F)(F)F)cc1. The van der Waals surface area contributed by atoms with E-state index in [0.717, 1.165) is 23.4 Å².